The van der Waals surface area contributed by atoms with Crippen LogP contribution in [-0.4, -0.2) is 41.6 Å². The number of amides is 2. The van der Waals surface area contributed by atoms with Crippen molar-refractivity contribution in [1.29, 1.82) is 0 Å². The first-order valence-electron chi connectivity index (χ1n) is 10.7. The number of hydrogen-bond donors (Lipinski definition) is 1. The number of aryl methyl sites for hydroxylation is 1. The standard InChI is InChI=1S/C14H18ClNO.C9H17NO2/c1-10-6-5-9-12(13(10)15)14(17)16-11-7-3-2-4-8-11;1-9(2,3)12-8(11)10-6-4-5-7-10/h5-6,9,11H,2-4,7-8H2,1H3,(H,16,17);4-7H2,1-3H3. The van der Waals surface area contributed by atoms with Crippen molar-refractivity contribution in [2.75, 3.05) is 13.1 Å². The normalized spacial score (nSPS) is 17.3. The van der Waals surface area contributed by atoms with E-state index in [-0.39, 0.29) is 17.6 Å². The smallest absolute Gasteiger partial charge is 0.410 e. The molecule has 1 saturated heterocycles. The highest BCUT2D eigenvalue weighted by Crippen LogP contribution is 2.22. The fourth-order valence-corrected chi connectivity index (χ4v) is 3.77. The average Bonchev–Trinajstić information content (AvgIpc) is 3.19. The van der Waals surface area contributed by atoms with Crippen molar-refractivity contribution in [2.24, 2.45) is 0 Å². The fourth-order valence-electron chi connectivity index (χ4n) is 3.56. The van der Waals surface area contributed by atoms with Crippen LogP contribution in [0, 0.1) is 6.92 Å². The maximum absolute atomic E-state index is 12.1. The number of ether oxygens (including phenoxy) is 1. The zero-order valence-corrected chi connectivity index (χ0v) is 19.0. The number of nitrogens with one attached hydrogen (secondary N) is 1. The second kappa shape index (κ2) is 10.9. The SMILES string of the molecule is CC(C)(C)OC(=O)N1CCCC1.Cc1cccc(C(=O)NC2CCCCC2)c1Cl. The number of halogens is 1. The molecule has 2 amide bonds. The van der Waals surface area contributed by atoms with Gasteiger partial charge in [-0.25, -0.2) is 4.79 Å². The molecule has 0 unspecified atom stereocenters. The minimum absolute atomic E-state index is 0.0365. The maximum atomic E-state index is 12.1. The number of rotatable bonds is 2. The number of likely N-dealkylation sites (tertiary alicyclic amines) is 1. The Kier molecular flexibility index (Phi) is 8.81. The predicted molar refractivity (Wildman–Crippen MR) is 118 cm³/mol. The lowest BCUT2D eigenvalue weighted by Crippen LogP contribution is -2.36. The highest BCUT2D eigenvalue weighted by atomic mass is 35.5. The van der Waals surface area contributed by atoms with E-state index in [4.69, 9.17) is 16.3 Å². The van der Waals surface area contributed by atoms with Gasteiger partial charge in [-0.1, -0.05) is 43.0 Å². The van der Waals surface area contributed by atoms with Gasteiger partial charge in [-0.05, 0) is 65.0 Å². The van der Waals surface area contributed by atoms with E-state index < -0.39 is 0 Å². The molecule has 1 aliphatic heterocycles. The second-order valence-corrected chi connectivity index (χ2v) is 9.30. The van der Waals surface area contributed by atoms with Gasteiger partial charge in [0.2, 0.25) is 0 Å². The van der Waals surface area contributed by atoms with E-state index in [0.717, 1.165) is 44.3 Å². The fraction of sp³-hybridized carbons (Fsp3) is 0.652. The number of nitrogens with zero attached hydrogens (tertiary/aromatic N) is 1. The summed E-state index contributed by atoms with van der Waals surface area (Å²) in [6.45, 7) is 9.30. The van der Waals surface area contributed by atoms with E-state index in [1.165, 1.54) is 19.3 Å². The summed E-state index contributed by atoms with van der Waals surface area (Å²) in [7, 11) is 0. The lowest BCUT2D eigenvalue weighted by molar-refractivity contribution is 0.0295. The molecule has 2 aliphatic rings. The van der Waals surface area contributed by atoms with Crippen LogP contribution in [0.4, 0.5) is 4.79 Å². The second-order valence-electron chi connectivity index (χ2n) is 8.92. The molecule has 1 heterocycles. The van der Waals surface area contributed by atoms with Crippen LogP contribution in [0.15, 0.2) is 18.2 Å². The number of benzene rings is 1. The number of carbonyl (C=O) groups is 2. The number of carbonyl (C=O) groups excluding carboxylic acids is 2. The molecular formula is C23H35ClN2O3. The van der Waals surface area contributed by atoms with E-state index in [0.29, 0.717) is 16.6 Å². The van der Waals surface area contributed by atoms with Gasteiger partial charge >= 0.3 is 6.09 Å². The molecule has 6 heteroatoms. The Morgan fingerprint density at radius 1 is 1.07 bits per heavy atom. The third-order valence-electron chi connectivity index (χ3n) is 5.13. The minimum Gasteiger partial charge on any atom is -0.444 e. The molecule has 29 heavy (non-hydrogen) atoms. The molecule has 0 spiro atoms. The minimum atomic E-state index is -0.361. The van der Waals surface area contributed by atoms with E-state index in [1.807, 2.05) is 39.8 Å². The summed E-state index contributed by atoms with van der Waals surface area (Å²) in [5, 5.41) is 3.65. The molecule has 1 aliphatic carbocycles. The maximum Gasteiger partial charge on any atom is 0.410 e. The van der Waals surface area contributed by atoms with Crippen LogP contribution < -0.4 is 5.32 Å². The molecule has 1 N–H and O–H groups in total. The van der Waals surface area contributed by atoms with Gasteiger partial charge in [0, 0.05) is 19.1 Å². The van der Waals surface area contributed by atoms with Gasteiger partial charge in [0.1, 0.15) is 5.60 Å². The van der Waals surface area contributed by atoms with Crippen molar-refractivity contribution < 1.29 is 14.3 Å². The summed E-state index contributed by atoms with van der Waals surface area (Å²) < 4.78 is 5.21. The molecule has 2 fully saturated rings. The summed E-state index contributed by atoms with van der Waals surface area (Å²) in [6, 6.07) is 5.90. The van der Waals surface area contributed by atoms with Crippen LogP contribution in [0.25, 0.3) is 0 Å². The predicted octanol–water partition coefficient (Wildman–Crippen LogP) is 5.73. The van der Waals surface area contributed by atoms with Gasteiger partial charge in [-0.2, -0.15) is 0 Å². The average molecular weight is 423 g/mol. The highest BCUT2D eigenvalue weighted by molar-refractivity contribution is 6.34. The van der Waals surface area contributed by atoms with Crippen molar-refractivity contribution >= 4 is 23.6 Å². The first-order chi connectivity index (χ1) is 13.7. The monoisotopic (exact) mass is 422 g/mol. The van der Waals surface area contributed by atoms with Gasteiger partial charge in [0.25, 0.3) is 5.91 Å². The lowest BCUT2D eigenvalue weighted by atomic mass is 9.95. The zero-order valence-electron chi connectivity index (χ0n) is 18.2. The van der Waals surface area contributed by atoms with Gasteiger partial charge in [0.15, 0.2) is 0 Å². The Balaban J connectivity index is 0.000000221. The molecule has 0 aromatic heterocycles. The Morgan fingerprint density at radius 2 is 1.69 bits per heavy atom. The van der Waals surface area contributed by atoms with Crippen LogP contribution in [-0.2, 0) is 4.74 Å². The first kappa shape index (κ1) is 23.5. The van der Waals surface area contributed by atoms with E-state index in [2.05, 4.69) is 5.32 Å². The lowest BCUT2D eigenvalue weighted by Gasteiger charge is -2.23. The summed E-state index contributed by atoms with van der Waals surface area (Å²) in [4.78, 5) is 25.2. The molecular weight excluding hydrogens is 388 g/mol. The van der Waals surface area contributed by atoms with Crippen LogP contribution in [0.5, 0.6) is 0 Å². The van der Waals surface area contributed by atoms with Gasteiger partial charge < -0.3 is 15.0 Å². The summed E-state index contributed by atoms with van der Waals surface area (Å²) in [5.41, 5.74) is 1.18. The zero-order chi connectivity index (χ0) is 21.4. The molecule has 3 rings (SSSR count). The Labute approximate surface area is 180 Å². The number of hydrogen-bond acceptors (Lipinski definition) is 3. The molecule has 162 valence electrons. The highest BCUT2D eigenvalue weighted by Gasteiger charge is 2.24. The summed E-state index contributed by atoms with van der Waals surface area (Å²) in [6.07, 6.45) is 7.96. The molecule has 1 aromatic carbocycles. The van der Waals surface area contributed by atoms with Gasteiger partial charge in [0.05, 0.1) is 10.6 Å². The first-order valence-corrected chi connectivity index (χ1v) is 11.1. The van der Waals surface area contributed by atoms with Crippen molar-refractivity contribution in [3.8, 4) is 0 Å². The topological polar surface area (TPSA) is 58.6 Å². The van der Waals surface area contributed by atoms with E-state index >= 15 is 0 Å². The van der Waals surface area contributed by atoms with E-state index in [9.17, 15) is 9.59 Å². The molecule has 0 atom stereocenters. The van der Waals surface area contributed by atoms with Crippen molar-refractivity contribution in [3.63, 3.8) is 0 Å². The Hall–Kier alpha value is -1.75. The largest absolute Gasteiger partial charge is 0.444 e. The third-order valence-corrected chi connectivity index (χ3v) is 5.64. The van der Waals surface area contributed by atoms with Gasteiger partial charge in [-0.15, -0.1) is 0 Å². The van der Waals surface area contributed by atoms with Crippen LogP contribution in [0.3, 0.4) is 0 Å². The summed E-state index contributed by atoms with van der Waals surface area (Å²) >= 11 is 6.14. The van der Waals surface area contributed by atoms with E-state index in [1.54, 1.807) is 11.0 Å². The van der Waals surface area contributed by atoms with Crippen LogP contribution in [0.2, 0.25) is 5.02 Å². The molecule has 0 bridgehead atoms. The van der Waals surface area contributed by atoms with Crippen molar-refractivity contribution in [3.05, 3.63) is 34.3 Å². The summed E-state index contributed by atoms with van der Waals surface area (Å²) in [5.74, 6) is -0.0365. The van der Waals surface area contributed by atoms with Gasteiger partial charge in [-0.3, -0.25) is 4.79 Å². The Bertz CT molecular complexity index is 688. The molecule has 1 saturated carbocycles. The van der Waals surface area contributed by atoms with Crippen molar-refractivity contribution in [1.82, 2.24) is 10.2 Å². The van der Waals surface area contributed by atoms with Crippen LogP contribution in [0.1, 0.15) is 81.6 Å². The van der Waals surface area contributed by atoms with Crippen LogP contribution >= 0.6 is 11.6 Å². The molecule has 1 aromatic rings. The quantitative estimate of drug-likeness (QED) is 0.662. The molecule has 5 nitrogen and oxygen atoms in total. The Morgan fingerprint density at radius 3 is 2.28 bits per heavy atom. The third kappa shape index (κ3) is 7.88. The molecule has 0 radical (unpaired) electrons. The van der Waals surface area contributed by atoms with Crippen molar-refractivity contribution in [2.45, 2.75) is 84.3 Å².